The fraction of sp³-hybridized carbons (Fsp3) is 0.167. The van der Waals surface area contributed by atoms with E-state index in [4.69, 9.17) is 0 Å². The summed E-state index contributed by atoms with van der Waals surface area (Å²) >= 11 is 0.467. The number of aryl methyl sites for hydroxylation is 1. The molecular weight excluding hydrogens is 154 g/mol. The van der Waals surface area contributed by atoms with Crippen molar-refractivity contribution in [2.45, 2.75) is 6.92 Å². The van der Waals surface area contributed by atoms with Crippen molar-refractivity contribution >= 4 is 0 Å². The van der Waals surface area contributed by atoms with Crippen molar-refractivity contribution in [3.63, 3.8) is 0 Å². The minimum Gasteiger partial charge on any atom is -0.495 e. The van der Waals surface area contributed by atoms with E-state index in [2.05, 4.69) is 9.27 Å². The standard InChI is InChI=1S/C6H6ClNO2/c1-5-2-3-8-6(4-5)10-7-9/h2-4H,1H3. The zero-order valence-electron chi connectivity index (χ0n) is 5.37. The molecule has 0 fully saturated rings. The summed E-state index contributed by atoms with van der Waals surface area (Å²) in [5.74, 6) is 0.336. The number of hydrogen-bond donors (Lipinski definition) is 0. The number of hydrogen-bond acceptors (Lipinski definition) is 3. The van der Waals surface area contributed by atoms with Crippen molar-refractivity contribution in [1.29, 1.82) is 0 Å². The second kappa shape index (κ2) is 3.39. The molecule has 1 aromatic heterocycles. The van der Waals surface area contributed by atoms with Gasteiger partial charge in [0.2, 0.25) is 0 Å². The Bertz CT molecular complexity index is 217. The van der Waals surface area contributed by atoms with Gasteiger partial charge in [-0.25, -0.2) is 4.98 Å². The summed E-state index contributed by atoms with van der Waals surface area (Å²) in [6.45, 7) is 1.90. The smallest absolute Gasteiger partial charge is 0.394 e. The molecule has 0 unspecified atom stereocenters. The second-order valence-corrected chi connectivity index (χ2v) is 2.09. The predicted octanol–water partition coefficient (Wildman–Crippen LogP) is 0.0441. The van der Waals surface area contributed by atoms with Crippen molar-refractivity contribution in [3.8, 4) is 5.88 Å². The zero-order valence-corrected chi connectivity index (χ0v) is 6.13. The van der Waals surface area contributed by atoms with Crippen molar-refractivity contribution in [2.24, 2.45) is 0 Å². The maximum atomic E-state index is 9.81. The lowest BCUT2D eigenvalue weighted by atomic mass is 10.3. The molecule has 1 aromatic rings. The Hall–Kier alpha value is -0.800. The Labute approximate surface area is 62.7 Å². The minimum atomic E-state index is 0.336. The van der Waals surface area contributed by atoms with Crippen molar-refractivity contribution in [2.75, 3.05) is 0 Å². The van der Waals surface area contributed by atoms with Crippen LogP contribution in [0, 0.1) is 18.2 Å². The van der Waals surface area contributed by atoms with E-state index in [0.29, 0.717) is 17.2 Å². The summed E-state index contributed by atoms with van der Waals surface area (Å²) in [5.41, 5.74) is 1.02. The lowest BCUT2D eigenvalue weighted by Crippen LogP contribution is -2.07. The Morgan fingerprint density at radius 2 is 2.50 bits per heavy atom. The Balaban J connectivity index is 2.75. The number of aromatic nitrogens is 1. The SMILES string of the molecule is Cc1ccnc(O[Cl+][O-])c1. The van der Waals surface area contributed by atoms with Crippen molar-refractivity contribution in [1.82, 2.24) is 4.98 Å². The molecule has 0 aliphatic heterocycles. The first-order valence-electron chi connectivity index (χ1n) is 2.69. The van der Waals surface area contributed by atoms with Gasteiger partial charge in [-0.1, -0.05) is 0 Å². The van der Waals surface area contributed by atoms with E-state index in [0.717, 1.165) is 5.56 Å². The highest BCUT2D eigenvalue weighted by Crippen LogP contribution is 2.06. The highest BCUT2D eigenvalue weighted by molar-refractivity contribution is 5.17. The molecule has 3 nitrogen and oxygen atoms in total. The molecule has 0 saturated carbocycles. The van der Waals surface area contributed by atoms with Gasteiger partial charge in [0.05, 0.1) is 0 Å². The average molecular weight is 160 g/mol. The Morgan fingerprint density at radius 3 is 3.10 bits per heavy atom. The summed E-state index contributed by atoms with van der Waals surface area (Å²) in [6, 6.07) is 3.51. The van der Waals surface area contributed by atoms with Crippen LogP contribution in [0.2, 0.25) is 0 Å². The second-order valence-electron chi connectivity index (χ2n) is 1.81. The third kappa shape index (κ3) is 1.86. The van der Waals surface area contributed by atoms with E-state index in [1.165, 1.54) is 0 Å². The van der Waals surface area contributed by atoms with Gasteiger partial charge in [0, 0.05) is 12.3 Å². The van der Waals surface area contributed by atoms with Crippen LogP contribution < -0.4 is 8.95 Å². The minimum absolute atomic E-state index is 0.336. The zero-order chi connectivity index (χ0) is 7.40. The first-order chi connectivity index (χ1) is 4.83. The molecule has 1 rings (SSSR count). The van der Waals surface area contributed by atoms with Gasteiger partial charge in [-0.05, 0) is 18.6 Å². The summed E-state index contributed by atoms with van der Waals surface area (Å²) in [4.78, 5) is 3.77. The molecule has 0 aliphatic carbocycles. The van der Waals surface area contributed by atoms with Crippen LogP contribution in [-0.2, 0) is 0 Å². The van der Waals surface area contributed by atoms with Gasteiger partial charge in [0.15, 0.2) is 0 Å². The predicted molar refractivity (Wildman–Crippen MR) is 29.6 cm³/mol. The van der Waals surface area contributed by atoms with E-state index < -0.39 is 0 Å². The highest BCUT2D eigenvalue weighted by atomic mass is 35.6. The summed E-state index contributed by atoms with van der Waals surface area (Å²) in [5, 5.41) is 0. The molecule has 4 heteroatoms. The first kappa shape index (κ1) is 7.31. The van der Waals surface area contributed by atoms with Gasteiger partial charge in [-0.2, -0.15) is 4.29 Å². The largest absolute Gasteiger partial charge is 0.495 e. The quantitative estimate of drug-likeness (QED) is 0.612. The number of halogens is 1. The number of rotatable bonds is 2. The fourth-order valence-corrected chi connectivity index (χ4v) is 0.732. The maximum absolute atomic E-state index is 9.81. The molecule has 1 heterocycles. The highest BCUT2D eigenvalue weighted by Gasteiger charge is 1.98. The van der Waals surface area contributed by atoms with Crippen LogP contribution in [0.1, 0.15) is 5.56 Å². The molecule has 0 aliphatic rings. The van der Waals surface area contributed by atoms with Crippen LogP contribution >= 0.6 is 0 Å². The monoisotopic (exact) mass is 159 g/mol. The third-order valence-corrected chi connectivity index (χ3v) is 1.22. The molecule has 0 saturated heterocycles. The van der Waals surface area contributed by atoms with E-state index in [1.54, 1.807) is 12.3 Å². The van der Waals surface area contributed by atoms with Crippen LogP contribution in [0.15, 0.2) is 18.3 Å². The summed E-state index contributed by atoms with van der Waals surface area (Å²) in [7, 11) is 0. The van der Waals surface area contributed by atoms with Crippen LogP contribution in [0.25, 0.3) is 0 Å². The molecule has 0 bridgehead atoms. The van der Waals surface area contributed by atoms with Gasteiger partial charge in [-0.3, -0.25) is 0 Å². The molecule has 0 N–H and O–H groups in total. The lowest BCUT2D eigenvalue weighted by Gasteiger charge is -1.91. The summed E-state index contributed by atoms with van der Waals surface area (Å²) < 4.78 is 14.3. The van der Waals surface area contributed by atoms with Crippen molar-refractivity contribution in [3.05, 3.63) is 23.9 Å². The molecule has 0 aromatic carbocycles. The molecule has 0 atom stereocenters. The topological polar surface area (TPSA) is 45.2 Å². The van der Waals surface area contributed by atoms with E-state index >= 15 is 0 Å². The maximum Gasteiger partial charge on any atom is 0.394 e. The van der Waals surface area contributed by atoms with Gasteiger partial charge in [-0.15, -0.1) is 0 Å². The van der Waals surface area contributed by atoms with Crippen LogP contribution in [0.3, 0.4) is 0 Å². The van der Waals surface area contributed by atoms with Crippen LogP contribution in [0.4, 0.5) is 0 Å². The molecule has 0 amide bonds. The summed E-state index contributed by atoms with van der Waals surface area (Å²) in [6.07, 6.45) is 1.59. The van der Waals surface area contributed by atoms with Crippen LogP contribution in [0.5, 0.6) is 5.88 Å². The molecule has 10 heavy (non-hydrogen) atoms. The third-order valence-electron chi connectivity index (χ3n) is 1.00. The first-order valence-corrected chi connectivity index (χ1v) is 3.31. The number of nitrogens with zero attached hydrogens (tertiary/aromatic N) is 1. The van der Waals surface area contributed by atoms with Gasteiger partial charge >= 0.3 is 11.3 Å². The normalized spacial score (nSPS) is 9.40. The molecular formula is C6H6ClNO2. The van der Waals surface area contributed by atoms with Crippen molar-refractivity contribution < 1.29 is 20.3 Å². The number of pyridine rings is 1. The Morgan fingerprint density at radius 1 is 1.70 bits per heavy atom. The fourth-order valence-electron chi connectivity index (χ4n) is 0.583. The molecule has 0 radical (unpaired) electrons. The molecule has 54 valence electrons. The van der Waals surface area contributed by atoms with E-state index in [-0.39, 0.29) is 0 Å². The Kier molecular flexibility index (Phi) is 2.48. The van der Waals surface area contributed by atoms with Gasteiger partial charge < -0.3 is 4.66 Å². The average Bonchev–Trinajstić information content (AvgIpc) is 1.88. The van der Waals surface area contributed by atoms with Crippen LogP contribution in [-0.4, -0.2) is 4.98 Å². The lowest BCUT2D eigenvalue weighted by molar-refractivity contribution is -1.25. The van der Waals surface area contributed by atoms with Gasteiger partial charge in [0.1, 0.15) is 0 Å². The van der Waals surface area contributed by atoms with Gasteiger partial charge in [0.25, 0.3) is 5.88 Å². The van der Waals surface area contributed by atoms with E-state index in [1.807, 2.05) is 13.0 Å². The van der Waals surface area contributed by atoms with E-state index in [9.17, 15) is 4.66 Å². The molecule has 0 spiro atoms.